The molecule has 0 amide bonds. The summed E-state index contributed by atoms with van der Waals surface area (Å²) in [5, 5.41) is 3.08. The van der Waals surface area contributed by atoms with Crippen molar-refractivity contribution in [1.29, 1.82) is 0 Å². The van der Waals surface area contributed by atoms with Crippen LogP contribution in [0.15, 0.2) is 60.3 Å². The SMILES string of the molecule is C=C(/C=C\C1=C(C)N(C(=C)C)C2CCN1C2)C(=C)N[C@@H](C)N. The van der Waals surface area contributed by atoms with Gasteiger partial charge in [-0.15, -0.1) is 0 Å². The molecule has 2 bridgehead atoms. The van der Waals surface area contributed by atoms with Crippen molar-refractivity contribution in [3.05, 3.63) is 60.3 Å². The Hall–Kier alpha value is -1.94. The molecule has 2 aliphatic heterocycles. The zero-order valence-corrected chi connectivity index (χ0v) is 14.0. The fraction of sp³-hybridized carbons (Fsp3) is 0.444. The van der Waals surface area contributed by atoms with Gasteiger partial charge < -0.3 is 20.9 Å². The average molecular weight is 300 g/mol. The van der Waals surface area contributed by atoms with Gasteiger partial charge in [0.15, 0.2) is 0 Å². The van der Waals surface area contributed by atoms with Gasteiger partial charge >= 0.3 is 0 Å². The first-order valence-corrected chi connectivity index (χ1v) is 7.80. The fourth-order valence-electron chi connectivity index (χ4n) is 3.27. The molecule has 22 heavy (non-hydrogen) atoms. The molecule has 0 aromatic rings. The second-order valence-electron chi connectivity index (χ2n) is 6.23. The minimum absolute atomic E-state index is 0.133. The summed E-state index contributed by atoms with van der Waals surface area (Å²) in [7, 11) is 0. The van der Waals surface area contributed by atoms with Crippen molar-refractivity contribution in [3.63, 3.8) is 0 Å². The number of nitrogens with zero attached hydrogens (tertiary/aromatic N) is 2. The van der Waals surface area contributed by atoms with Crippen molar-refractivity contribution < 1.29 is 0 Å². The summed E-state index contributed by atoms with van der Waals surface area (Å²) in [5.41, 5.74) is 10.9. The highest BCUT2D eigenvalue weighted by atomic mass is 15.3. The first-order chi connectivity index (χ1) is 10.3. The molecule has 2 rings (SSSR count). The summed E-state index contributed by atoms with van der Waals surface area (Å²) in [4.78, 5) is 4.80. The van der Waals surface area contributed by atoms with Gasteiger partial charge in [-0.05, 0) is 38.8 Å². The molecule has 1 unspecified atom stereocenters. The highest BCUT2D eigenvalue weighted by molar-refractivity contribution is 5.40. The predicted molar refractivity (Wildman–Crippen MR) is 93.5 cm³/mol. The van der Waals surface area contributed by atoms with E-state index in [-0.39, 0.29) is 6.17 Å². The third-order valence-corrected chi connectivity index (χ3v) is 4.24. The zero-order chi connectivity index (χ0) is 16.4. The van der Waals surface area contributed by atoms with Crippen LogP contribution >= 0.6 is 0 Å². The molecule has 2 heterocycles. The first-order valence-electron chi connectivity index (χ1n) is 7.80. The molecule has 120 valence electrons. The van der Waals surface area contributed by atoms with Gasteiger partial charge in [0.1, 0.15) is 0 Å². The van der Waals surface area contributed by atoms with Crippen molar-refractivity contribution >= 4 is 0 Å². The molecular weight excluding hydrogens is 272 g/mol. The van der Waals surface area contributed by atoms with Crippen molar-refractivity contribution in [2.45, 2.75) is 39.4 Å². The van der Waals surface area contributed by atoms with Crippen LogP contribution in [0.4, 0.5) is 0 Å². The van der Waals surface area contributed by atoms with E-state index < -0.39 is 0 Å². The minimum Gasteiger partial charge on any atom is -0.370 e. The second kappa shape index (κ2) is 6.44. The Bertz CT molecular complexity index is 553. The van der Waals surface area contributed by atoms with Crippen molar-refractivity contribution in [2.75, 3.05) is 13.1 Å². The third kappa shape index (κ3) is 3.28. The lowest BCUT2D eigenvalue weighted by atomic mass is 10.1. The molecule has 4 nitrogen and oxygen atoms in total. The van der Waals surface area contributed by atoms with Gasteiger partial charge in [0.2, 0.25) is 0 Å². The van der Waals surface area contributed by atoms with Crippen molar-refractivity contribution in [1.82, 2.24) is 15.1 Å². The Morgan fingerprint density at radius 2 is 2.09 bits per heavy atom. The molecule has 0 aromatic carbocycles. The summed E-state index contributed by atoms with van der Waals surface area (Å²) in [6, 6.07) is 0.563. The zero-order valence-electron chi connectivity index (χ0n) is 14.0. The van der Waals surface area contributed by atoms with Gasteiger partial charge in [-0.3, -0.25) is 0 Å². The normalized spacial score (nSPS) is 22.3. The Morgan fingerprint density at radius 1 is 1.41 bits per heavy atom. The van der Waals surface area contributed by atoms with Gasteiger partial charge in [-0.1, -0.05) is 25.8 Å². The molecular formula is C18H28N4. The molecule has 2 aliphatic rings. The lowest BCUT2D eigenvalue weighted by Crippen LogP contribution is -2.40. The molecule has 0 radical (unpaired) electrons. The van der Waals surface area contributed by atoms with E-state index in [1.165, 1.54) is 17.8 Å². The standard InChI is InChI=1S/C18H28N4/c1-12(2)22-15(5)18(21-10-9-17(22)11-21)8-7-13(3)14(4)20-16(6)19/h7-8,16-17,20H,1,3-4,9-11,19H2,2,5-6H3/b8-7-/t16-,17?/m0/s1. The minimum atomic E-state index is -0.133. The first kappa shape index (κ1) is 16.4. The molecule has 0 aromatic heterocycles. The van der Waals surface area contributed by atoms with E-state index in [1.54, 1.807) is 0 Å². The quantitative estimate of drug-likeness (QED) is 0.585. The number of hydrogen-bond acceptors (Lipinski definition) is 4. The fourth-order valence-corrected chi connectivity index (χ4v) is 3.27. The predicted octanol–water partition coefficient (Wildman–Crippen LogP) is 2.66. The summed E-state index contributed by atoms with van der Waals surface area (Å²) in [5.74, 6) is 0. The van der Waals surface area contributed by atoms with Crippen LogP contribution in [0.5, 0.6) is 0 Å². The number of allylic oxidation sites excluding steroid dienone is 4. The van der Waals surface area contributed by atoms with Crippen LogP contribution in [0.25, 0.3) is 0 Å². The molecule has 1 saturated heterocycles. The lowest BCUT2D eigenvalue weighted by Gasteiger charge is -2.38. The molecule has 2 atom stereocenters. The van der Waals surface area contributed by atoms with Gasteiger partial charge in [-0.2, -0.15) is 0 Å². The van der Waals surface area contributed by atoms with Gasteiger partial charge in [0.05, 0.1) is 17.9 Å². The average Bonchev–Trinajstić information content (AvgIpc) is 2.82. The van der Waals surface area contributed by atoms with E-state index in [1.807, 2.05) is 13.0 Å². The number of rotatable bonds is 6. The Balaban J connectivity index is 2.18. The lowest BCUT2D eigenvalue weighted by molar-refractivity contribution is 0.268. The monoisotopic (exact) mass is 300 g/mol. The van der Waals surface area contributed by atoms with Crippen LogP contribution in [0.1, 0.15) is 27.2 Å². The molecule has 0 spiro atoms. The summed E-state index contributed by atoms with van der Waals surface area (Å²) < 4.78 is 0. The number of nitrogens with one attached hydrogen (secondary N) is 1. The third-order valence-electron chi connectivity index (χ3n) is 4.24. The Morgan fingerprint density at radius 3 is 2.68 bits per heavy atom. The Kier molecular flexibility index (Phi) is 4.81. The summed E-state index contributed by atoms with van der Waals surface area (Å²) >= 11 is 0. The maximum Gasteiger partial charge on any atom is 0.0714 e. The number of fused-ring (bicyclic) bond motifs is 2. The largest absolute Gasteiger partial charge is 0.370 e. The molecule has 0 saturated carbocycles. The maximum absolute atomic E-state index is 5.72. The number of nitrogens with two attached hydrogens (primary N) is 1. The molecule has 0 aliphatic carbocycles. The van der Waals surface area contributed by atoms with E-state index in [9.17, 15) is 0 Å². The van der Waals surface area contributed by atoms with Crippen molar-refractivity contribution in [3.8, 4) is 0 Å². The summed E-state index contributed by atoms with van der Waals surface area (Å²) in [6.07, 6.45) is 5.18. The van der Waals surface area contributed by atoms with E-state index in [0.29, 0.717) is 6.04 Å². The molecule has 3 N–H and O–H groups in total. The smallest absolute Gasteiger partial charge is 0.0714 e. The topological polar surface area (TPSA) is 44.5 Å². The van der Waals surface area contributed by atoms with Gasteiger partial charge in [0, 0.05) is 30.2 Å². The highest BCUT2D eigenvalue weighted by Crippen LogP contribution is 2.34. The van der Waals surface area contributed by atoms with E-state index in [0.717, 1.165) is 30.1 Å². The van der Waals surface area contributed by atoms with Crippen LogP contribution in [-0.2, 0) is 0 Å². The second-order valence-corrected chi connectivity index (χ2v) is 6.23. The number of hydrogen-bond donors (Lipinski definition) is 2. The molecule has 1 fully saturated rings. The van der Waals surface area contributed by atoms with Crippen LogP contribution < -0.4 is 11.1 Å². The highest BCUT2D eigenvalue weighted by Gasteiger charge is 2.35. The van der Waals surface area contributed by atoms with Crippen LogP contribution in [0, 0.1) is 0 Å². The molecule has 4 heteroatoms. The summed E-state index contributed by atoms with van der Waals surface area (Å²) in [6.45, 7) is 20.4. The van der Waals surface area contributed by atoms with Gasteiger partial charge in [-0.25, -0.2) is 0 Å². The van der Waals surface area contributed by atoms with Crippen LogP contribution in [0.2, 0.25) is 0 Å². The maximum atomic E-state index is 5.72. The van der Waals surface area contributed by atoms with E-state index in [4.69, 9.17) is 5.73 Å². The van der Waals surface area contributed by atoms with Crippen molar-refractivity contribution in [2.24, 2.45) is 5.73 Å². The van der Waals surface area contributed by atoms with Gasteiger partial charge in [0.25, 0.3) is 0 Å². The van der Waals surface area contributed by atoms with E-state index >= 15 is 0 Å². The van der Waals surface area contributed by atoms with Crippen LogP contribution in [0.3, 0.4) is 0 Å². The van der Waals surface area contributed by atoms with E-state index in [2.05, 4.69) is 54.8 Å². The Labute approximate surface area is 134 Å². The van der Waals surface area contributed by atoms with Crippen LogP contribution in [-0.4, -0.2) is 35.1 Å².